The van der Waals surface area contributed by atoms with E-state index >= 15 is 0 Å². The van der Waals surface area contributed by atoms with Crippen LogP contribution in [0.2, 0.25) is 0 Å². The van der Waals surface area contributed by atoms with Crippen molar-refractivity contribution in [3.63, 3.8) is 0 Å². The van der Waals surface area contributed by atoms with Gasteiger partial charge in [-0.1, -0.05) is 24.3 Å². The summed E-state index contributed by atoms with van der Waals surface area (Å²) in [5.41, 5.74) is 2.61. The van der Waals surface area contributed by atoms with Crippen LogP contribution in [0.3, 0.4) is 0 Å². The maximum absolute atomic E-state index is 11.6. The van der Waals surface area contributed by atoms with E-state index in [2.05, 4.69) is 34.9 Å². The molecule has 1 atom stereocenters. The Morgan fingerprint density at radius 2 is 2.06 bits per heavy atom. The Bertz CT molecular complexity index is 420. The average molecular weight is 232 g/mol. The Morgan fingerprint density at radius 3 is 2.71 bits per heavy atom. The summed E-state index contributed by atoms with van der Waals surface area (Å²) in [6.45, 7) is 6.65. The normalized spacial score (nSPS) is 17.9. The van der Waals surface area contributed by atoms with Gasteiger partial charge in [-0.05, 0) is 38.3 Å². The highest BCUT2D eigenvalue weighted by atomic mass is 16.2. The highest BCUT2D eigenvalue weighted by molar-refractivity contribution is 5.74. The summed E-state index contributed by atoms with van der Waals surface area (Å²) in [5.74, 6) is 0.483. The fourth-order valence-electron chi connectivity index (χ4n) is 2.15. The van der Waals surface area contributed by atoms with Crippen LogP contribution in [0.4, 0.5) is 4.79 Å². The molecule has 0 aromatic heterocycles. The third kappa shape index (κ3) is 2.99. The van der Waals surface area contributed by atoms with Gasteiger partial charge in [0.15, 0.2) is 0 Å². The van der Waals surface area contributed by atoms with E-state index in [9.17, 15) is 4.79 Å². The second-order valence-electron chi connectivity index (χ2n) is 5.68. The largest absolute Gasteiger partial charge is 0.338 e. The van der Waals surface area contributed by atoms with E-state index in [1.165, 1.54) is 11.1 Å². The van der Waals surface area contributed by atoms with Crippen LogP contribution >= 0.6 is 0 Å². The van der Waals surface area contributed by atoms with Crippen molar-refractivity contribution >= 4 is 6.03 Å². The van der Waals surface area contributed by atoms with E-state index < -0.39 is 0 Å². The molecule has 1 unspecified atom stereocenters. The molecule has 0 saturated carbocycles. The first-order valence-electron chi connectivity index (χ1n) is 6.09. The lowest BCUT2D eigenvalue weighted by Gasteiger charge is -2.30. The highest BCUT2D eigenvalue weighted by Gasteiger charge is 2.25. The number of carbonyl (C=O) groups is 1. The third-order valence-corrected chi connectivity index (χ3v) is 2.96. The molecule has 17 heavy (non-hydrogen) atoms. The Kier molecular flexibility index (Phi) is 3.09. The molecule has 1 aliphatic carbocycles. The van der Waals surface area contributed by atoms with Crippen molar-refractivity contribution in [3.8, 4) is 0 Å². The summed E-state index contributed by atoms with van der Waals surface area (Å²) in [6.07, 6.45) is 1.08. The molecular formula is C14H20N2O. The monoisotopic (exact) mass is 232 g/mol. The number of benzene rings is 1. The molecule has 3 heteroatoms. The molecule has 92 valence electrons. The van der Waals surface area contributed by atoms with E-state index in [1.807, 2.05) is 20.8 Å². The maximum Gasteiger partial charge on any atom is 0.315 e. The standard InChI is InChI=1S/C14H20N2O/c1-14(2,3)16-13(17)15-9-11-8-10-6-4-5-7-12(10)11/h4-7,11H,8-9H2,1-3H3,(H2,15,16,17). The molecular weight excluding hydrogens is 212 g/mol. The first-order valence-corrected chi connectivity index (χ1v) is 6.09. The number of nitrogens with one attached hydrogen (secondary N) is 2. The van der Waals surface area contributed by atoms with Crippen LogP contribution < -0.4 is 10.6 Å². The Balaban J connectivity index is 1.80. The summed E-state index contributed by atoms with van der Waals surface area (Å²) in [4.78, 5) is 11.6. The van der Waals surface area contributed by atoms with Crippen LogP contribution in [-0.4, -0.2) is 18.1 Å². The Hall–Kier alpha value is -1.51. The van der Waals surface area contributed by atoms with E-state index in [1.54, 1.807) is 0 Å². The van der Waals surface area contributed by atoms with Gasteiger partial charge < -0.3 is 10.6 Å². The van der Waals surface area contributed by atoms with Crippen molar-refractivity contribution in [2.45, 2.75) is 38.6 Å². The SMILES string of the molecule is CC(C)(C)NC(=O)NCC1Cc2ccccc21. The molecule has 0 aliphatic heterocycles. The van der Waals surface area contributed by atoms with Crippen molar-refractivity contribution in [3.05, 3.63) is 35.4 Å². The van der Waals surface area contributed by atoms with Gasteiger partial charge in [-0.2, -0.15) is 0 Å². The van der Waals surface area contributed by atoms with Gasteiger partial charge in [-0.3, -0.25) is 0 Å². The molecule has 3 nitrogen and oxygen atoms in total. The van der Waals surface area contributed by atoms with E-state index in [-0.39, 0.29) is 11.6 Å². The number of fused-ring (bicyclic) bond motifs is 1. The van der Waals surface area contributed by atoms with Crippen molar-refractivity contribution < 1.29 is 4.79 Å². The minimum Gasteiger partial charge on any atom is -0.338 e. The minimum atomic E-state index is -0.179. The fourth-order valence-corrected chi connectivity index (χ4v) is 2.15. The molecule has 0 bridgehead atoms. The van der Waals surface area contributed by atoms with Crippen LogP contribution in [-0.2, 0) is 6.42 Å². The van der Waals surface area contributed by atoms with Gasteiger partial charge in [-0.25, -0.2) is 4.79 Å². The molecule has 2 amide bonds. The second-order valence-corrected chi connectivity index (χ2v) is 5.68. The minimum absolute atomic E-state index is 0.0816. The lowest BCUT2D eigenvalue weighted by molar-refractivity contribution is 0.231. The highest BCUT2D eigenvalue weighted by Crippen LogP contribution is 2.33. The molecule has 0 heterocycles. The van der Waals surface area contributed by atoms with Crippen molar-refractivity contribution in [1.29, 1.82) is 0 Å². The predicted molar refractivity (Wildman–Crippen MR) is 69.2 cm³/mol. The zero-order valence-corrected chi connectivity index (χ0v) is 10.7. The van der Waals surface area contributed by atoms with Crippen molar-refractivity contribution in [2.24, 2.45) is 0 Å². The van der Waals surface area contributed by atoms with Crippen molar-refractivity contribution in [1.82, 2.24) is 10.6 Å². The molecule has 1 aliphatic rings. The smallest absolute Gasteiger partial charge is 0.315 e. The van der Waals surface area contributed by atoms with Gasteiger partial charge in [0.1, 0.15) is 0 Å². The van der Waals surface area contributed by atoms with Crippen LogP contribution in [0.1, 0.15) is 37.8 Å². The summed E-state index contributed by atoms with van der Waals surface area (Å²) in [5, 5.41) is 5.83. The predicted octanol–water partition coefficient (Wildman–Crippen LogP) is 2.42. The number of hydrogen-bond donors (Lipinski definition) is 2. The van der Waals surface area contributed by atoms with E-state index in [0.29, 0.717) is 5.92 Å². The van der Waals surface area contributed by atoms with Crippen LogP contribution in [0.15, 0.2) is 24.3 Å². The molecule has 0 saturated heterocycles. The number of hydrogen-bond acceptors (Lipinski definition) is 1. The van der Waals surface area contributed by atoms with E-state index in [0.717, 1.165) is 13.0 Å². The molecule has 0 fully saturated rings. The Labute approximate surface area is 103 Å². The third-order valence-electron chi connectivity index (χ3n) is 2.96. The zero-order valence-electron chi connectivity index (χ0n) is 10.7. The molecule has 0 radical (unpaired) electrons. The molecule has 1 aromatic carbocycles. The number of urea groups is 1. The van der Waals surface area contributed by atoms with Crippen LogP contribution in [0.5, 0.6) is 0 Å². The lowest BCUT2D eigenvalue weighted by atomic mass is 9.78. The fraction of sp³-hybridized carbons (Fsp3) is 0.500. The summed E-state index contributed by atoms with van der Waals surface area (Å²) < 4.78 is 0. The number of carbonyl (C=O) groups excluding carboxylic acids is 1. The summed E-state index contributed by atoms with van der Waals surface area (Å²) in [7, 11) is 0. The average Bonchev–Trinajstić information content (AvgIpc) is 2.16. The van der Waals surface area contributed by atoms with Crippen molar-refractivity contribution in [2.75, 3.05) is 6.54 Å². The van der Waals surface area contributed by atoms with Gasteiger partial charge in [-0.15, -0.1) is 0 Å². The van der Waals surface area contributed by atoms with Gasteiger partial charge >= 0.3 is 6.03 Å². The number of rotatable bonds is 2. The second kappa shape index (κ2) is 4.40. The summed E-state index contributed by atoms with van der Waals surface area (Å²) in [6, 6.07) is 8.34. The quantitative estimate of drug-likeness (QED) is 0.808. The van der Waals surface area contributed by atoms with Gasteiger partial charge in [0.05, 0.1) is 0 Å². The van der Waals surface area contributed by atoms with Gasteiger partial charge in [0, 0.05) is 18.0 Å². The first-order chi connectivity index (χ1) is 7.96. The maximum atomic E-state index is 11.6. The zero-order chi connectivity index (χ0) is 12.5. The molecule has 2 N–H and O–H groups in total. The first kappa shape index (κ1) is 12.0. The topological polar surface area (TPSA) is 41.1 Å². The molecule has 1 aromatic rings. The number of amides is 2. The van der Waals surface area contributed by atoms with E-state index in [4.69, 9.17) is 0 Å². The van der Waals surface area contributed by atoms with Crippen LogP contribution in [0.25, 0.3) is 0 Å². The van der Waals surface area contributed by atoms with Crippen LogP contribution in [0, 0.1) is 0 Å². The summed E-state index contributed by atoms with van der Waals surface area (Å²) >= 11 is 0. The molecule has 2 rings (SSSR count). The van der Waals surface area contributed by atoms with Gasteiger partial charge in [0.25, 0.3) is 0 Å². The van der Waals surface area contributed by atoms with Gasteiger partial charge in [0.2, 0.25) is 0 Å². The Morgan fingerprint density at radius 1 is 1.35 bits per heavy atom. The lowest BCUT2D eigenvalue weighted by Crippen LogP contribution is -2.47. The molecule has 0 spiro atoms.